The number of carboxylic acids is 1. The van der Waals surface area contributed by atoms with Crippen molar-refractivity contribution in [3.8, 4) is 0 Å². The molecule has 1 atom stereocenters. The first-order valence-corrected chi connectivity index (χ1v) is 5.94. The molecule has 0 aromatic rings. The van der Waals surface area contributed by atoms with Crippen molar-refractivity contribution in [3.05, 3.63) is 0 Å². The van der Waals surface area contributed by atoms with Crippen LogP contribution < -0.4 is 10.6 Å². The minimum Gasteiger partial charge on any atom is -0.480 e. The van der Waals surface area contributed by atoms with Crippen molar-refractivity contribution in [1.82, 2.24) is 10.6 Å². The van der Waals surface area contributed by atoms with Crippen LogP contribution in [-0.2, 0) is 19.1 Å². The Bertz CT molecular complexity index is 313. The Balaban J connectivity index is 2.05. The number of ether oxygens (including phenoxy) is 1. The molecule has 0 saturated carbocycles. The van der Waals surface area contributed by atoms with Gasteiger partial charge in [-0.1, -0.05) is 0 Å². The number of aliphatic carboxylic acids is 1. The van der Waals surface area contributed by atoms with E-state index in [1.54, 1.807) is 0 Å². The molecule has 18 heavy (non-hydrogen) atoms. The Morgan fingerprint density at radius 3 is 2.39 bits per heavy atom. The molecule has 1 rings (SSSR count). The van der Waals surface area contributed by atoms with Crippen LogP contribution in [0.1, 0.15) is 25.7 Å². The molecule has 7 nitrogen and oxygen atoms in total. The van der Waals surface area contributed by atoms with Crippen LogP contribution in [0, 0.1) is 0 Å². The van der Waals surface area contributed by atoms with E-state index in [0.29, 0.717) is 6.54 Å². The average Bonchev–Trinajstić information content (AvgIpc) is 2.84. The summed E-state index contributed by atoms with van der Waals surface area (Å²) in [6, 6.07) is 0. The van der Waals surface area contributed by atoms with E-state index in [0.717, 1.165) is 19.4 Å². The lowest BCUT2D eigenvalue weighted by molar-refractivity contribution is -0.138. The molecule has 0 aliphatic carbocycles. The van der Waals surface area contributed by atoms with Gasteiger partial charge in [0.25, 0.3) is 0 Å². The fourth-order valence-corrected chi connectivity index (χ4v) is 1.61. The summed E-state index contributed by atoms with van der Waals surface area (Å²) in [5.74, 6) is -1.77. The maximum absolute atomic E-state index is 11.4. The molecule has 0 aromatic carbocycles. The highest BCUT2D eigenvalue weighted by molar-refractivity contribution is 5.85. The van der Waals surface area contributed by atoms with E-state index in [1.165, 1.54) is 0 Å². The topological polar surface area (TPSA) is 105 Å². The third-order valence-corrected chi connectivity index (χ3v) is 2.57. The zero-order valence-corrected chi connectivity index (χ0v) is 10.1. The minimum atomic E-state index is -1.11. The Morgan fingerprint density at radius 2 is 1.83 bits per heavy atom. The van der Waals surface area contributed by atoms with Crippen molar-refractivity contribution in [1.29, 1.82) is 0 Å². The fourth-order valence-electron chi connectivity index (χ4n) is 1.61. The summed E-state index contributed by atoms with van der Waals surface area (Å²) in [4.78, 5) is 32.7. The fraction of sp³-hybridized carbons (Fsp3) is 0.727. The van der Waals surface area contributed by atoms with Crippen molar-refractivity contribution in [3.63, 3.8) is 0 Å². The molecule has 0 radical (unpaired) electrons. The predicted molar refractivity (Wildman–Crippen MR) is 61.9 cm³/mol. The SMILES string of the molecule is O=C(O)CNC(=O)CCC(=O)NCC1CCCO1. The molecule has 1 fully saturated rings. The molecule has 1 aliphatic rings. The van der Waals surface area contributed by atoms with Gasteiger partial charge < -0.3 is 20.5 Å². The first kappa shape index (κ1) is 14.4. The minimum absolute atomic E-state index is 0.00929. The molecule has 0 bridgehead atoms. The third kappa shape index (κ3) is 6.19. The van der Waals surface area contributed by atoms with Gasteiger partial charge in [0.15, 0.2) is 0 Å². The van der Waals surface area contributed by atoms with Gasteiger partial charge in [-0.3, -0.25) is 14.4 Å². The van der Waals surface area contributed by atoms with Gasteiger partial charge in [0.1, 0.15) is 6.54 Å². The summed E-state index contributed by atoms with van der Waals surface area (Å²) in [6.45, 7) is 0.782. The van der Waals surface area contributed by atoms with Crippen LogP contribution in [-0.4, -0.2) is 48.7 Å². The molecular weight excluding hydrogens is 240 g/mol. The Hall–Kier alpha value is -1.63. The molecule has 1 saturated heterocycles. The first-order valence-electron chi connectivity index (χ1n) is 5.94. The van der Waals surface area contributed by atoms with Crippen LogP contribution in [0.3, 0.4) is 0 Å². The van der Waals surface area contributed by atoms with Gasteiger partial charge in [-0.2, -0.15) is 0 Å². The monoisotopic (exact) mass is 258 g/mol. The largest absolute Gasteiger partial charge is 0.480 e. The molecule has 102 valence electrons. The van der Waals surface area contributed by atoms with Gasteiger partial charge in [-0.25, -0.2) is 0 Å². The standard InChI is InChI=1S/C11H18N2O5/c14-9(12-6-8-2-1-5-18-8)3-4-10(15)13-7-11(16)17/h8H,1-7H2,(H,12,14)(H,13,15)(H,16,17). The number of hydrogen-bond acceptors (Lipinski definition) is 4. The van der Waals surface area contributed by atoms with E-state index < -0.39 is 18.4 Å². The Kier molecular flexibility index (Phi) is 6.13. The van der Waals surface area contributed by atoms with E-state index in [9.17, 15) is 14.4 Å². The van der Waals surface area contributed by atoms with Crippen LogP contribution in [0.25, 0.3) is 0 Å². The quantitative estimate of drug-likeness (QED) is 0.558. The highest BCUT2D eigenvalue weighted by Gasteiger charge is 2.16. The van der Waals surface area contributed by atoms with E-state index in [2.05, 4.69) is 10.6 Å². The summed E-state index contributed by atoms with van der Waals surface area (Å²) < 4.78 is 5.33. The maximum Gasteiger partial charge on any atom is 0.322 e. The molecule has 2 amide bonds. The van der Waals surface area contributed by atoms with Crippen molar-refractivity contribution in [2.24, 2.45) is 0 Å². The van der Waals surface area contributed by atoms with Crippen molar-refractivity contribution < 1.29 is 24.2 Å². The second-order valence-electron chi connectivity index (χ2n) is 4.11. The third-order valence-electron chi connectivity index (χ3n) is 2.57. The zero-order chi connectivity index (χ0) is 13.4. The van der Waals surface area contributed by atoms with Gasteiger partial charge in [0.2, 0.25) is 11.8 Å². The highest BCUT2D eigenvalue weighted by atomic mass is 16.5. The van der Waals surface area contributed by atoms with E-state index in [1.807, 2.05) is 0 Å². The average molecular weight is 258 g/mol. The number of rotatable bonds is 7. The Morgan fingerprint density at radius 1 is 1.17 bits per heavy atom. The molecule has 0 spiro atoms. The van der Waals surface area contributed by atoms with Gasteiger partial charge in [0.05, 0.1) is 6.10 Å². The van der Waals surface area contributed by atoms with E-state index in [-0.39, 0.29) is 24.9 Å². The van der Waals surface area contributed by atoms with Crippen LogP contribution in [0.5, 0.6) is 0 Å². The lowest BCUT2D eigenvalue weighted by atomic mass is 10.2. The van der Waals surface area contributed by atoms with Crippen LogP contribution >= 0.6 is 0 Å². The number of hydrogen-bond donors (Lipinski definition) is 3. The van der Waals surface area contributed by atoms with Crippen LogP contribution in [0.4, 0.5) is 0 Å². The second-order valence-corrected chi connectivity index (χ2v) is 4.11. The van der Waals surface area contributed by atoms with Crippen molar-refractivity contribution in [2.45, 2.75) is 31.8 Å². The Labute approximate surface area is 105 Å². The second kappa shape index (κ2) is 7.65. The summed E-state index contributed by atoms with van der Waals surface area (Å²) in [5, 5.41) is 13.2. The van der Waals surface area contributed by atoms with Crippen molar-refractivity contribution in [2.75, 3.05) is 19.7 Å². The molecule has 1 heterocycles. The van der Waals surface area contributed by atoms with Crippen LogP contribution in [0.15, 0.2) is 0 Å². The molecule has 1 unspecified atom stereocenters. The number of carbonyl (C=O) groups excluding carboxylic acids is 2. The lowest BCUT2D eigenvalue weighted by Crippen LogP contribution is -2.34. The normalized spacial score (nSPS) is 18.3. The molecule has 0 aromatic heterocycles. The van der Waals surface area contributed by atoms with E-state index >= 15 is 0 Å². The molecule has 1 aliphatic heterocycles. The predicted octanol–water partition coefficient (Wildman–Crippen LogP) is -0.737. The summed E-state index contributed by atoms with van der Waals surface area (Å²) in [7, 11) is 0. The first-order chi connectivity index (χ1) is 8.58. The summed E-state index contributed by atoms with van der Waals surface area (Å²) in [6.07, 6.45) is 2.08. The van der Waals surface area contributed by atoms with Gasteiger partial charge in [-0.05, 0) is 12.8 Å². The smallest absolute Gasteiger partial charge is 0.322 e. The number of amides is 2. The maximum atomic E-state index is 11.4. The van der Waals surface area contributed by atoms with Gasteiger partial charge in [-0.15, -0.1) is 0 Å². The zero-order valence-electron chi connectivity index (χ0n) is 10.1. The van der Waals surface area contributed by atoms with Crippen LogP contribution in [0.2, 0.25) is 0 Å². The summed E-state index contributed by atoms with van der Waals surface area (Å²) >= 11 is 0. The molecule has 7 heteroatoms. The van der Waals surface area contributed by atoms with Gasteiger partial charge in [0, 0.05) is 26.0 Å². The molecular formula is C11H18N2O5. The number of nitrogens with one attached hydrogen (secondary N) is 2. The number of carboxylic acid groups (broad SMARTS) is 1. The van der Waals surface area contributed by atoms with E-state index in [4.69, 9.17) is 9.84 Å². The molecule has 3 N–H and O–H groups in total. The van der Waals surface area contributed by atoms with Gasteiger partial charge >= 0.3 is 5.97 Å². The van der Waals surface area contributed by atoms with Crippen molar-refractivity contribution >= 4 is 17.8 Å². The lowest BCUT2D eigenvalue weighted by Gasteiger charge is -2.10. The number of carbonyl (C=O) groups is 3. The highest BCUT2D eigenvalue weighted by Crippen LogP contribution is 2.10. The summed E-state index contributed by atoms with van der Waals surface area (Å²) in [5.41, 5.74) is 0.